The van der Waals surface area contributed by atoms with Crippen molar-refractivity contribution in [3.8, 4) is 10.4 Å². The molecule has 118 valence electrons. The predicted molar refractivity (Wildman–Crippen MR) is 85.4 cm³/mol. The van der Waals surface area contributed by atoms with Crippen LogP contribution in [0.2, 0.25) is 0 Å². The molecule has 22 heavy (non-hydrogen) atoms. The SMILES string of the molecule is Cl.NC(N)=N/N=C/c1ccc(-c2ccccc2C(F)(F)F)s1. The van der Waals surface area contributed by atoms with Gasteiger partial charge in [-0.15, -0.1) is 28.8 Å². The number of alkyl halides is 3. The minimum absolute atomic E-state index is 0. The van der Waals surface area contributed by atoms with Gasteiger partial charge in [-0.25, -0.2) is 0 Å². The van der Waals surface area contributed by atoms with Crippen molar-refractivity contribution < 1.29 is 13.2 Å². The van der Waals surface area contributed by atoms with E-state index < -0.39 is 11.7 Å². The fourth-order valence-electron chi connectivity index (χ4n) is 1.66. The molecule has 0 aliphatic rings. The quantitative estimate of drug-likeness (QED) is 0.506. The summed E-state index contributed by atoms with van der Waals surface area (Å²) in [6.45, 7) is 0. The molecule has 0 radical (unpaired) electrons. The van der Waals surface area contributed by atoms with Crippen molar-refractivity contribution in [2.75, 3.05) is 0 Å². The molecular weight excluding hydrogens is 337 g/mol. The summed E-state index contributed by atoms with van der Waals surface area (Å²) in [5, 5.41) is 7.05. The van der Waals surface area contributed by atoms with E-state index in [0.29, 0.717) is 9.75 Å². The lowest BCUT2D eigenvalue weighted by molar-refractivity contribution is -0.137. The average molecular weight is 349 g/mol. The topological polar surface area (TPSA) is 76.8 Å². The second-order valence-corrected chi connectivity index (χ2v) is 5.13. The molecule has 4 nitrogen and oxygen atoms in total. The van der Waals surface area contributed by atoms with E-state index >= 15 is 0 Å². The van der Waals surface area contributed by atoms with Crippen molar-refractivity contribution in [1.82, 2.24) is 0 Å². The van der Waals surface area contributed by atoms with Gasteiger partial charge in [0.2, 0.25) is 5.96 Å². The van der Waals surface area contributed by atoms with Crippen LogP contribution in [0.1, 0.15) is 10.4 Å². The van der Waals surface area contributed by atoms with Crippen molar-refractivity contribution in [2.45, 2.75) is 6.18 Å². The van der Waals surface area contributed by atoms with E-state index in [1.54, 1.807) is 18.2 Å². The fraction of sp³-hybridized carbons (Fsp3) is 0.0769. The van der Waals surface area contributed by atoms with E-state index in [1.165, 1.54) is 29.7 Å². The first-order chi connectivity index (χ1) is 9.88. The zero-order chi connectivity index (χ0) is 15.5. The van der Waals surface area contributed by atoms with Crippen molar-refractivity contribution in [3.63, 3.8) is 0 Å². The highest BCUT2D eigenvalue weighted by Gasteiger charge is 2.33. The van der Waals surface area contributed by atoms with Crippen LogP contribution >= 0.6 is 23.7 Å². The van der Waals surface area contributed by atoms with Gasteiger partial charge in [-0.1, -0.05) is 18.2 Å². The average Bonchev–Trinajstić information content (AvgIpc) is 2.86. The Labute approximate surface area is 134 Å². The summed E-state index contributed by atoms with van der Waals surface area (Å²) in [6.07, 6.45) is -3.02. The maximum atomic E-state index is 13.0. The minimum atomic E-state index is -4.40. The maximum Gasteiger partial charge on any atom is 0.417 e. The van der Waals surface area contributed by atoms with Gasteiger partial charge in [-0.2, -0.15) is 18.3 Å². The third-order valence-electron chi connectivity index (χ3n) is 2.48. The van der Waals surface area contributed by atoms with Crippen molar-refractivity contribution in [3.05, 3.63) is 46.8 Å². The number of rotatable bonds is 3. The molecule has 0 unspecified atom stereocenters. The highest BCUT2D eigenvalue weighted by atomic mass is 35.5. The van der Waals surface area contributed by atoms with Crippen molar-refractivity contribution in [1.29, 1.82) is 0 Å². The second-order valence-electron chi connectivity index (χ2n) is 4.01. The van der Waals surface area contributed by atoms with Crippen molar-refractivity contribution >= 4 is 35.9 Å². The van der Waals surface area contributed by atoms with Gasteiger partial charge in [0.1, 0.15) is 0 Å². The number of hydrogen-bond donors (Lipinski definition) is 2. The van der Waals surface area contributed by atoms with Gasteiger partial charge >= 0.3 is 6.18 Å². The standard InChI is InChI=1S/C13H11F3N4S.ClH/c14-13(15,16)10-4-2-1-3-9(10)11-6-5-8(21-11)7-19-20-12(17)18;/h1-7H,(H4,17,18,20);1H/b19-7+;. The Morgan fingerprint density at radius 1 is 1.09 bits per heavy atom. The first-order valence-corrected chi connectivity index (χ1v) is 6.58. The highest BCUT2D eigenvalue weighted by Crippen LogP contribution is 2.39. The number of guanidine groups is 1. The number of halogens is 4. The zero-order valence-corrected chi connectivity index (χ0v) is 12.7. The van der Waals surface area contributed by atoms with Crippen LogP contribution < -0.4 is 11.5 Å². The van der Waals surface area contributed by atoms with E-state index in [1.807, 2.05) is 0 Å². The van der Waals surface area contributed by atoms with Crippen LogP contribution in [0.3, 0.4) is 0 Å². The van der Waals surface area contributed by atoms with Gasteiger partial charge in [-0.05, 0) is 18.2 Å². The lowest BCUT2D eigenvalue weighted by Gasteiger charge is -2.10. The van der Waals surface area contributed by atoms with Crippen LogP contribution in [-0.2, 0) is 6.18 Å². The summed E-state index contributed by atoms with van der Waals surface area (Å²) in [4.78, 5) is 1.14. The number of nitrogens with two attached hydrogens (primary N) is 2. The Kier molecular flexibility index (Phi) is 5.95. The summed E-state index contributed by atoms with van der Waals surface area (Å²) >= 11 is 1.17. The third-order valence-corrected chi connectivity index (χ3v) is 3.54. The molecule has 0 saturated heterocycles. The third kappa shape index (κ3) is 4.47. The molecule has 1 aromatic heterocycles. The first-order valence-electron chi connectivity index (χ1n) is 5.76. The molecule has 0 aliphatic carbocycles. The number of benzene rings is 1. The smallest absolute Gasteiger partial charge is 0.369 e. The normalized spacial score (nSPS) is 11.2. The Morgan fingerprint density at radius 2 is 1.77 bits per heavy atom. The molecule has 0 amide bonds. The highest BCUT2D eigenvalue weighted by molar-refractivity contribution is 7.17. The number of hydrogen-bond acceptors (Lipinski definition) is 3. The first kappa shape index (κ1) is 18.0. The molecule has 0 aliphatic heterocycles. The predicted octanol–water partition coefficient (Wildman–Crippen LogP) is 3.46. The Bertz CT molecular complexity index is 691. The van der Waals surface area contributed by atoms with Crippen LogP contribution in [0, 0.1) is 0 Å². The summed E-state index contributed by atoms with van der Waals surface area (Å²) in [5.74, 6) is -0.189. The Morgan fingerprint density at radius 3 is 2.41 bits per heavy atom. The molecule has 0 spiro atoms. The molecule has 0 fully saturated rings. The summed E-state index contributed by atoms with van der Waals surface area (Å²) in [6, 6.07) is 8.68. The molecule has 0 atom stereocenters. The lowest BCUT2D eigenvalue weighted by atomic mass is 10.1. The van der Waals surface area contributed by atoms with Crippen LogP contribution in [0.25, 0.3) is 10.4 Å². The van der Waals surface area contributed by atoms with Crippen molar-refractivity contribution in [2.24, 2.45) is 21.7 Å². The molecule has 2 rings (SSSR count). The maximum absolute atomic E-state index is 13.0. The lowest BCUT2D eigenvalue weighted by Crippen LogP contribution is -2.21. The van der Waals surface area contributed by atoms with Crippen LogP contribution in [-0.4, -0.2) is 12.2 Å². The molecule has 1 aromatic carbocycles. The molecule has 0 bridgehead atoms. The molecule has 0 saturated carbocycles. The molecule has 4 N–H and O–H groups in total. The van der Waals surface area contributed by atoms with Gasteiger partial charge in [0.15, 0.2) is 0 Å². The van der Waals surface area contributed by atoms with Gasteiger partial charge in [0, 0.05) is 15.3 Å². The summed E-state index contributed by atoms with van der Waals surface area (Å²) in [5.41, 5.74) is 9.69. The summed E-state index contributed by atoms with van der Waals surface area (Å²) < 4.78 is 38.9. The van der Waals surface area contributed by atoms with E-state index in [9.17, 15) is 13.2 Å². The van der Waals surface area contributed by atoms with Crippen LogP contribution in [0.15, 0.2) is 46.6 Å². The zero-order valence-electron chi connectivity index (χ0n) is 11.0. The minimum Gasteiger partial charge on any atom is -0.369 e. The Hall–Kier alpha value is -2.06. The van der Waals surface area contributed by atoms with E-state index in [2.05, 4.69) is 10.2 Å². The van der Waals surface area contributed by atoms with Gasteiger partial charge in [0.25, 0.3) is 0 Å². The van der Waals surface area contributed by atoms with Gasteiger partial charge in [0.05, 0.1) is 11.8 Å². The molecule has 1 heterocycles. The van der Waals surface area contributed by atoms with E-state index in [0.717, 1.165) is 6.07 Å². The molecular formula is C13H12ClF3N4S. The van der Waals surface area contributed by atoms with Crippen LogP contribution in [0.5, 0.6) is 0 Å². The summed E-state index contributed by atoms with van der Waals surface area (Å²) in [7, 11) is 0. The molecule has 2 aromatic rings. The van der Waals surface area contributed by atoms with Gasteiger partial charge in [-0.3, -0.25) is 0 Å². The van der Waals surface area contributed by atoms with Gasteiger partial charge < -0.3 is 11.5 Å². The fourth-order valence-corrected chi connectivity index (χ4v) is 2.58. The molecule has 9 heteroatoms. The van der Waals surface area contributed by atoms with E-state index in [-0.39, 0.29) is 23.9 Å². The Balaban J connectivity index is 0.00000242. The number of thiophene rings is 1. The van der Waals surface area contributed by atoms with Crippen LogP contribution in [0.4, 0.5) is 13.2 Å². The largest absolute Gasteiger partial charge is 0.417 e. The van der Waals surface area contributed by atoms with E-state index in [4.69, 9.17) is 11.5 Å². The number of nitrogens with zero attached hydrogens (tertiary/aromatic N) is 2. The second kappa shape index (κ2) is 7.28. The monoisotopic (exact) mass is 348 g/mol.